The summed E-state index contributed by atoms with van der Waals surface area (Å²) in [4.78, 5) is 19.3. The van der Waals surface area contributed by atoms with E-state index in [0.29, 0.717) is 13.0 Å². The van der Waals surface area contributed by atoms with Crippen LogP contribution in [0.25, 0.3) is 0 Å². The second-order valence-electron chi connectivity index (χ2n) is 5.13. The summed E-state index contributed by atoms with van der Waals surface area (Å²) in [7, 11) is 5.53. The number of benzene rings is 1. The normalized spacial score (nSPS) is 17.3. The van der Waals surface area contributed by atoms with Crippen molar-refractivity contribution in [3.05, 3.63) is 29.8 Å². The molecule has 1 aliphatic rings. The Kier molecular flexibility index (Phi) is 5.16. The van der Waals surface area contributed by atoms with Gasteiger partial charge in [0.15, 0.2) is 0 Å². The molecule has 1 heterocycles. The standard InChI is InChI=1S/C15H21N3O3/c1-18(2)9-8-16-15(19)14-10-12(17-21-14)11-6-4-5-7-13(11)20-3/h4-7,14H,8-10H2,1-3H3,(H,16,19)/t14-/m0/s1. The molecule has 6 nitrogen and oxygen atoms in total. The number of nitrogens with one attached hydrogen (secondary N) is 1. The third-order valence-electron chi connectivity index (χ3n) is 3.24. The van der Waals surface area contributed by atoms with Crippen LogP contribution in [0.2, 0.25) is 0 Å². The number of likely N-dealkylation sites (N-methyl/N-ethyl adjacent to an activating group) is 1. The summed E-state index contributed by atoms with van der Waals surface area (Å²) in [5, 5.41) is 6.87. The number of amides is 1. The van der Waals surface area contributed by atoms with Gasteiger partial charge in [-0.25, -0.2) is 0 Å². The summed E-state index contributed by atoms with van der Waals surface area (Å²) in [6, 6.07) is 7.57. The Bertz CT molecular complexity index is 529. The highest BCUT2D eigenvalue weighted by molar-refractivity contribution is 6.05. The van der Waals surface area contributed by atoms with Crippen LogP contribution in [0.5, 0.6) is 5.75 Å². The minimum absolute atomic E-state index is 0.134. The quantitative estimate of drug-likeness (QED) is 0.844. The summed E-state index contributed by atoms with van der Waals surface area (Å²) in [5.41, 5.74) is 1.60. The molecule has 1 aromatic rings. The van der Waals surface area contributed by atoms with E-state index in [1.807, 2.05) is 43.3 Å². The molecule has 6 heteroatoms. The van der Waals surface area contributed by atoms with E-state index in [9.17, 15) is 4.79 Å². The Morgan fingerprint density at radius 2 is 2.24 bits per heavy atom. The van der Waals surface area contributed by atoms with Crippen LogP contribution in [-0.4, -0.2) is 56.9 Å². The van der Waals surface area contributed by atoms with Crippen molar-refractivity contribution in [1.82, 2.24) is 10.2 Å². The Balaban J connectivity index is 1.92. The fourth-order valence-corrected chi connectivity index (χ4v) is 2.08. The Morgan fingerprint density at radius 3 is 2.95 bits per heavy atom. The zero-order chi connectivity index (χ0) is 15.2. The highest BCUT2D eigenvalue weighted by Gasteiger charge is 2.29. The van der Waals surface area contributed by atoms with Gasteiger partial charge in [-0.15, -0.1) is 0 Å². The predicted octanol–water partition coefficient (Wildman–Crippen LogP) is 0.866. The molecule has 2 rings (SSSR count). The lowest BCUT2D eigenvalue weighted by molar-refractivity contribution is -0.131. The number of carbonyl (C=O) groups is 1. The van der Waals surface area contributed by atoms with Gasteiger partial charge >= 0.3 is 0 Å². The topological polar surface area (TPSA) is 63.2 Å². The van der Waals surface area contributed by atoms with Crippen LogP contribution in [0.15, 0.2) is 29.4 Å². The van der Waals surface area contributed by atoms with E-state index in [0.717, 1.165) is 23.6 Å². The van der Waals surface area contributed by atoms with Gasteiger partial charge in [0.05, 0.1) is 12.8 Å². The molecule has 0 bridgehead atoms. The summed E-state index contributed by atoms with van der Waals surface area (Å²) in [6.45, 7) is 1.38. The fourth-order valence-electron chi connectivity index (χ4n) is 2.08. The first-order chi connectivity index (χ1) is 10.1. The Hall–Kier alpha value is -2.08. The van der Waals surface area contributed by atoms with Gasteiger partial charge in [0, 0.05) is 25.1 Å². The van der Waals surface area contributed by atoms with Gasteiger partial charge in [-0.05, 0) is 26.2 Å². The first kappa shape index (κ1) is 15.3. The molecule has 0 fully saturated rings. The molecule has 21 heavy (non-hydrogen) atoms. The molecule has 0 aromatic heterocycles. The summed E-state index contributed by atoms with van der Waals surface area (Å²) in [6.07, 6.45) is -0.110. The lowest BCUT2D eigenvalue weighted by Crippen LogP contribution is -2.38. The highest BCUT2D eigenvalue weighted by atomic mass is 16.6. The van der Waals surface area contributed by atoms with Crippen LogP contribution in [0.3, 0.4) is 0 Å². The molecule has 0 spiro atoms. The second kappa shape index (κ2) is 7.08. The third-order valence-corrected chi connectivity index (χ3v) is 3.24. The van der Waals surface area contributed by atoms with E-state index >= 15 is 0 Å². The van der Waals surface area contributed by atoms with E-state index in [4.69, 9.17) is 9.57 Å². The van der Waals surface area contributed by atoms with E-state index < -0.39 is 6.10 Å². The minimum Gasteiger partial charge on any atom is -0.496 e. The summed E-state index contributed by atoms with van der Waals surface area (Å²) in [5.74, 6) is 0.596. The van der Waals surface area contributed by atoms with Crippen molar-refractivity contribution in [3.63, 3.8) is 0 Å². The monoisotopic (exact) mass is 291 g/mol. The van der Waals surface area contributed by atoms with Gasteiger partial charge in [-0.1, -0.05) is 17.3 Å². The van der Waals surface area contributed by atoms with Crippen molar-refractivity contribution in [2.45, 2.75) is 12.5 Å². The molecule has 1 atom stereocenters. The number of hydrogen-bond donors (Lipinski definition) is 1. The van der Waals surface area contributed by atoms with Gasteiger partial charge in [-0.2, -0.15) is 0 Å². The molecule has 0 saturated carbocycles. The summed E-state index contributed by atoms with van der Waals surface area (Å²) >= 11 is 0. The molecule has 1 aliphatic heterocycles. The smallest absolute Gasteiger partial charge is 0.264 e. The van der Waals surface area contributed by atoms with Crippen molar-refractivity contribution in [1.29, 1.82) is 0 Å². The lowest BCUT2D eigenvalue weighted by Gasteiger charge is -2.12. The van der Waals surface area contributed by atoms with Crippen LogP contribution in [0.4, 0.5) is 0 Å². The number of carbonyl (C=O) groups excluding carboxylic acids is 1. The zero-order valence-electron chi connectivity index (χ0n) is 12.6. The van der Waals surface area contributed by atoms with Crippen LogP contribution in [0, 0.1) is 0 Å². The van der Waals surface area contributed by atoms with Crippen molar-refractivity contribution in [2.24, 2.45) is 5.16 Å². The molecular formula is C15H21N3O3. The van der Waals surface area contributed by atoms with E-state index in [2.05, 4.69) is 10.5 Å². The van der Waals surface area contributed by atoms with E-state index in [1.54, 1.807) is 7.11 Å². The van der Waals surface area contributed by atoms with Crippen LogP contribution >= 0.6 is 0 Å². The number of nitrogens with zero attached hydrogens (tertiary/aromatic N) is 2. The maximum Gasteiger partial charge on any atom is 0.264 e. The third kappa shape index (κ3) is 3.95. The lowest BCUT2D eigenvalue weighted by atomic mass is 10.0. The van der Waals surface area contributed by atoms with Crippen LogP contribution < -0.4 is 10.1 Å². The molecule has 114 valence electrons. The van der Waals surface area contributed by atoms with Crippen molar-refractivity contribution in [2.75, 3.05) is 34.3 Å². The van der Waals surface area contributed by atoms with Crippen LogP contribution in [-0.2, 0) is 9.63 Å². The van der Waals surface area contributed by atoms with Gasteiger partial charge in [0.1, 0.15) is 5.75 Å². The van der Waals surface area contributed by atoms with E-state index in [1.165, 1.54) is 0 Å². The molecular weight excluding hydrogens is 270 g/mol. The van der Waals surface area contributed by atoms with Crippen molar-refractivity contribution in [3.8, 4) is 5.75 Å². The van der Waals surface area contributed by atoms with E-state index in [-0.39, 0.29) is 5.91 Å². The molecule has 1 aromatic carbocycles. The maximum absolute atomic E-state index is 12.0. The molecule has 0 saturated heterocycles. The molecule has 0 aliphatic carbocycles. The SMILES string of the molecule is COc1ccccc1C1=NO[C@H](C(=O)NCCN(C)C)C1. The average Bonchev–Trinajstić information content (AvgIpc) is 2.96. The second-order valence-corrected chi connectivity index (χ2v) is 5.13. The first-order valence-electron chi connectivity index (χ1n) is 6.90. The molecule has 1 N–H and O–H groups in total. The van der Waals surface area contributed by atoms with Gasteiger partial charge in [0.25, 0.3) is 5.91 Å². The average molecular weight is 291 g/mol. The van der Waals surface area contributed by atoms with Gasteiger partial charge in [-0.3, -0.25) is 4.79 Å². The number of methoxy groups -OCH3 is 1. The largest absolute Gasteiger partial charge is 0.496 e. The maximum atomic E-state index is 12.0. The fraction of sp³-hybridized carbons (Fsp3) is 0.467. The molecule has 1 amide bonds. The first-order valence-corrected chi connectivity index (χ1v) is 6.90. The zero-order valence-corrected chi connectivity index (χ0v) is 12.6. The highest BCUT2D eigenvalue weighted by Crippen LogP contribution is 2.24. The molecule has 0 radical (unpaired) electrons. The van der Waals surface area contributed by atoms with Crippen molar-refractivity contribution >= 4 is 11.6 Å². The Morgan fingerprint density at radius 1 is 1.48 bits per heavy atom. The van der Waals surface area contributed by atoms with Crippen LogP contribution in [0.1, 0.15) is 12.0 Å². The minimum atomic E-state index is -0.563. The summed E-state index contributed by atoms with van der Waals surface area (Å²) < 4.78 is 5.30. The number of hydrogen-bond acceptors (Lipinski definition) is 5. The van der Waals surface area contributed by atoms with Gasteiger partial charge < -0.3 is 19.8 Å². The van der Waals surface area contributed by atoms with Gasteiger partial charge in [0.2, 0.25) is 6.10 Å². The molecule has 0 unspecified atom stereocenters. The van der Waals surface area contributed by atoms with Crippen molar-refractivity contribution < 1.29 is 14.4 Å². The number of rotatable bonds is 6. The number of para-hydroxylation sites is 1. The number of ether oxygens (including phenoxy) is 1. The number of oxime groups is 1. The predicted molar refractivity (Wildman–Crippen MR) is 80.6 cm³/mol. The Labute approximate surface area is 124 Å².